The number of hydrogen-bond donors (Lipinski definition) is 2. The van der Waals surface area contributed by atoms with Crippen LogP contribution in [0.5, 0.6) is 0 Å². The molecule has 0 aliphatic heterocycles. The molecule has 0 bridgehead atoms. The van der Waals surface area contributed by atoms with Gasteiger partial charge in [-0.25, -0.2) is 14.9 Å². The predicted molar refractivity (Wildman–Crippen MR) is 116 cm³/mol. The summed E-state index contributed by atoms with van der Waals surface area (Å²) in [6.45, 7) is 2.12. The second kappa shape index (κ2) is 7.53. The standard InChI is InChI=1S/C21H16N6O2S/c1-2-29-21(28)13-4-3-5-14(10-13)22-20-16-8-9-30-18(16)15-7-6-12(11-17(15)23-20)19-24-26-27-25-19/h3-11H,2H2,1H3,(H,22,23)(H,24,25,26,27). The first-order valence-corrected chi connectivity index (χ1v) is 10.2. The molecule has 5 aromatic rings. The third-order valence-electron chi connectivity index (χ3n) is 4.65. The zero-order valence-electron chi connectivity index (χ0n) is 15.9. The van der Waals surface area contributed by atoms with Gasteiger partial charge in [-0.3, -0.25) is 0 Å². The summed E-state index contributed by atoms with van der Waals surface area (Å²) >= 11 is 1.66. The number of carbonyl (C=O) groups is 1. The second-order valence-corrected chi connectivity index (χ2v) is 7.45. The molecule has 148 valence electrons. The van der Waals surface area contributed by atoms with Gasteiger partial charge in [-0.1, -0.05) is 18.2 Å². The van der Waals surface area contributed by atoms with E-state index in [1.807, 2.05) is 41.8 Å². The van der Waals surface area contributed by atoms with Crippen molar-refractivity contribution in [3.8, 4) is 11.4 Å². The minimum atomic E-state index is -0.349. The molecule has 0 unspecified atom stereocenters. The molecule has 9 heteroatoms. The van der Waals surface area contributed by atoms with Crippen LogP contribution in [-0.2, 0) is 4.74 Å². The summed E-state index contributed by atoms with van der Waals surface area (Å²) < 4.78 is 6.23. The molecule has 0 aliphatic rings. The van der Waals surface area contributed by atoms with Gasteiger partial charge in [-0.05, 0) is 53.1 Å². The molecule has 0 radical (unpaired) electrons. The Morgan fingerprint density at radius 2 is 2.10 bits per heavy atom. The molecule has 8 nitrogen and oxygen atoms in total. The average Bonchev–Trinajstić information content (AvgIpc) is 3.46. The Morgan fingerprint density at radius 3 is 2.93 bits per heavy atom. The van der Waals surface area contributed by atoms with E-state index in [-0.39, 0.29) is 5.97 Å². The SMILES string of the molecule is CCOC(=O)c1cccc(Nc2nc3cc(-c4nnn[nH]4)ccc3c3sccc23)c1. The van der Waals surface area contributed by atoms with Crippen LogP contribution in [-0.4, -0.2) is 38.2 Å². The van der Waals surface area contributed by atoms with Crippen molar-refractivity contribution in [2.24, 2.45) is 0 Å². The van der Waals surface area contributed by atoms with Crippen molar-refractivity contribution >= 4 is 49.8 Å². The smallest absolute Gasteiger partial charge is 0.338 e. The maximum atomic E-state index is 12.1. The molecule has 0 aliphatic carbocycles. The molecule has 0 saturated heterocycles. The zero-order valence-corrected chi connectivity index (χ0v) is 16.7. The summed E-state index contributed by atoms with van der Waals surface area (Å²) in [7, 11) is 0. The minimum absolute atomic E-state index is 0.335. The monoisotopic (exact) mass is 416 g/mol. The molecular weight excluding hydrogens is 400 g/mol. The van der Waals surface area contributed by atoms with Crippen LogP contribution in [0.3, 0.4) is 0 Å². The Hall–Kier alpha value is -3.85. The van der Waals surface area contributed by atoms with Crippen LogP contribution in [0.15, 0.2) is 53.9 Å². The quantitative estimate of drug-likeness (QED) is 0.405. The van der Waals surface area contributed by atoms with Crippen molar-refractivity contribution in [3.63, 3.8) is 0 Å². The van der Waals surface area contributed by atoms with Crippen LogP contribution in [0.1, 0.15) is 17.3 Å². The van der Waals surface area contributed by atoms with Gasteiger partial charge in [0.1, 0.15) is 5.82 Å². The van der Waals surface area contributed by atoms with Crippen molar-refractivity contribution in [3.05, 3.63) is 59.5 Å². The summed E-state index contributed by atoms with van der Waals surface area (Å²) in [5, 5.41) is 21.5. The molecule has 0 amide bonds. The van der Waals surface area contributed by atoms with Gasteiger partial charge in [0.15, 0.2) is 5.82 Å². The number of benzene rings is 2. The number of tetrazole rings is 1. The van der Waals surface area contributed by atoms with Crippen LogP contribution in [0.25, 0.3) is 32.4 Å². The molecule has 2 aromatic carbocycles. The number of fused-ring (bicyclic) bond motifs is 3. The molecule has 0 fully saturated rings. The highest BCUT2D eigenvalue weighted by Gasteiger charge is 2.13. The van der Waals surface area contributed by atoms with E-state index in [1.54, 1.807) is 30.4 Å². The minimum Gasteiger partial charge on any atom is -0.462 e. The van der Waals surface area contributed by atoms with Gasteiger partial charge >= 0.3 is 5.97 Å². The molecule has 0 spiro atoms. The van der Waals surface area contributed by atoms with Gasteiger partial charge in [0, 0.05) is 26.7 Å². The number of hydrogen-bond acceptors (Lipinski definition) is 8. The van der Waals surface area contributed by atoms with E-state index < -0.39 is 0 Å². The lowest BCUT2D eigenvalue weighted by atomic mass is 10.1. The lowest BCUT2D eigenvalue weighted by Gasteiger charge is -2.11. The van der Waals surface area contributed by atoms with Gasteiger partial charge in [0.05, 0.1) is 17.7 Å². The second-order valence-electron chi connectivity index (χ2n) is 6.53. The van der Waals surface area contributed by atoms with Crippen molar-refractivity contribution in [2.75, 3.05) is 11.9 Å². The normalized spacial score (nSPS) is 11.1. The fourth-order valence-electron chi connectivity index (χ4n) is 3.30. The number of H-pyrrole nitrogens is 1. The molecule has 2 N–H and O–H groups in total. The Kier molecular flexibility index (Phi) is 4.56. The highest BCUT2D eigenvalue weighted by Crippen LogP contribution is 2.36. The molecule has 5 rings (SSSR count). The largest absolute Gasteiger partial charge is 0.462 e. The molecule has 30 heavy (non-hydrogen) atoms. The lowest BCUT2D eigenvalue weighted by Crippen LogP contribution is -2.05. The Labute approximate surface area is 174 Å². The van der Waals surface area contributed by atoms with E-state index >= 15 is 0 Å². The molecule has 0 atom stereocenters. The first kappa shape index (κ1) is 18.2. The van der Waals surface area contributed by atoms with Gasteiger partial charge in [0.2, 0.25) is 0 Å². The van der Waals surface area contributed by atoms with Crippen LogP contribution >= 0.6 is 11.3 Å². The molecule has 3 aromatic heterocycles. The number of rotatable bonds is 5. The van der Waals surface area contributed by atoms with Crippen LogP contribution < -0.4 is 5.32 Å². The zero-order chi connectivity index (χ0) is 20.5. The number of pyridine rings is 1. The first-order chi connectivity index (χ1) is 14.7. The summed E-state index contributed by atoms with van der Waals surface area (Å²) in [5.41, 5.74) is 2.92. The van der Waals surface area contributed by atoms with Crippen LogP contribution in [0.4, 0.5) is 11.5 Å². The Morgan fingerprint density at radius 1 is 1.17 bits per heavy atom. The highest BCUT2D eigenvalue weighted by atomic mass is 32.1. The number of esters is 1. The summed E-state index contributed by atoms with van der Waals surface area (Å²) in [4.78, 5) is 16.9. The Bertz CT molecular complexity index is 1360. The average molecular weight is 416 g/mol. The van der Waals surface area contributed by atoms with Gasteiger partial charge in [0.25, 0.3) is 0 Å². The van der Waals surface area contributed by atoms with E-state index in [0.717, 1.165) is 32.2 Å². The number of nitrogens with zero attached hydrogens (tertiary/aromatic N) is 4. The van der Waals surface area contributed by atoms with Crippen molar-refractivity contribution in [1.82, 2.24) is 25.6 Å². The third-order valence-corrected chi connectivity index (χ3v) is 5.60. The number of nitrogens with one attached hydrogen (secondary N) is 2. The topological polar surface area (TPSA) is 106 Å². The summed E-state index contributed by atoms with van der Waals surface area (Å²) in [6.07, 6.45) is 0. The van der Waals surface area contributed by atoms with E-state index in [4.69, 9.17) is 9.72 Å². The predicted octanol–water partition coefficient (Wildman–Crippen LogP) is 4.55. The fourth-order valence-corrected chi connectivity index (χ4v) is 4.23. The van der Waals surface area contributed by atoms with E-state index in [2.05, 4.69) is 25.9 Å². The summed E-state index contributed by atoms with van der Waals surface area (Å²) in [6, 6.07) is 15.2. The van der Waals surface area contributed by atoms with Gasteiger partial charge in [-0.2, -0.15) is 0 Å². The van der Waals surface area contributed by atoms with Crippen molar-refractivity contribution in [1.29, 1.82) is 0 Å². The van der Waals surface area contributed by atoms with E-state index in [0.29, 0.717) is 23.8 Å². The number of carbonyl (C=O) groups excluding carboxylic acids is 1. The number of aromatic nitrogens is 5. The highest BCUT2D eigenvalue weighted by molar-refractivity contribution is 7.18. The number of aromatic amines is 1. The summed E-state index contributed by atoms with van der Waals surface area (Å²) in [5.74, 6) is 0.952. The fraction of sp³-hybridized carbons (Fsp3) is 0.0952. The lowest BCUT2D eigenvalue weighted by molar-refractivity contribution is 0.0526. The number of ether oxygens (including phenoxy) is 1. The molecule has 3 heterocycles. The maximum Gasteiger partial charge on any atom is 0.338 e. The van der Waals surface area contributed by atoms with Gasteiger partial charge < -0.3 is 10.1 Å². The van der Waals surface area contributed by atoms with Gasteiger partial charge in [-0.15, -0.1) is 16.4 Å². The van der Waals surface area contributed by atoms with Crippen molar-refractivity contribution < 1.29 is 9.53 Å². The van der Waals surface area contributed by atoms with Crippen LogP contribution in [0.2, 0.25) is 0 Å². The van der Waals surface area contributed by atoms with Crippen LogP contribution in [0, 0.1) is 0 Å². The van der Waals surface area contributed by atoms with E-state index in [1.165, 1.54) is 0 Å². The molecule has 0 saturated carbocycles. The number of anilines is 2. The van der Waals surface area contributed by atoms with Crippen molar-refractivity contribution in [2.45, 2.75) is 6.92 Å². The molecular formula is C21H16N6O2S. The number of thiophene rings is 1. The third kappa shape index (κ3) is 3.25. The first-order valence-electron chi connectivity index (χ1n) is 9.32. The Balaban J connectivity index is 1.59. The maximum absolute atomic E-state index is 12.1. The van der Waals surface area contributed by atoms with E-state index in [9.17, 15) is 4.79 Å².